The normalized spacial score (nSPS) is 21.1. The topological polar surface area (TPSA) is 134 Å². The summed E-state index contributed by atoms with van der Waals surface area (Å²) in [5.74, 6) is 2.47. The van der Waals surface area contributed by atoms with E-state index in [2.05, 4.69) is 15.6 Å². The van der Waals surface area contributed by atoms with Gasteiger partial charge in [0.1, 0.15) is 16.9 Å². The highest BCUT2D eigenvalue weighted by Crippen LogP contribution is 2.40. The Labute approximate surface area is 254 Å². The Morgan fingerprint density at radius 2 is 1.91 bits per heavy atom. The Morgan fingerprint density at radius 1 is 1.07 bits per heavy atom. The Morgan fingerprint density at radius 3 is 2.59 bits per heavy atom. The van der Waals surface area contributed by atoms with Gasteiger partial charge < -0.3 is 34.3 Å². The average Bonchev–Trinajstić information content (AvgIpc) is 3.44. The highest BCUT2D eigenvalue weighted by molar-refractivity contribution is 6.00. The maximum absolute atomic E-state index is 13.7. The van der Waals surface area contributed by atoms with Crippen LogP contribution in [0.4, 0.5) is 0 Å². The minimum atomic E-state index is -0.0347. The fourth-order valence-electron chi connectivity index (χ4n) is 7.22. The first-order chi connectivity index (χ1) is 21.3. The van der Waals surface area contributed by atoms with E-state index in [1.807, 2.05) is 40.8 Å². The number of methoxy groups -OCH3 is 2. The number of imidazole rings is 1. The van der Waals surface area contributed by atoms with Gasteiger partial charge in [-0.05, 0) is 73.9 Å². The van der Waals surface area contributed by atoms with Crippen LogP contribution in [-0.2, 0) is 13.6 Å². The molecule has 11 nitrogen and oxygen atoms in total. The lowest BCUT2D eigenvalue weighted by Gasteiger charge is -2.27. The molecule has 8 rings (SSSR count). The molecule has 4 aromatic heterocycles. The molecule has 3 N–H and O–H groups in total. The number of aromatic nitrogens is 5. The van der Waals surface area contributed by atoms with Crippen LogP contribution in [-0.4, -0.2) is 72.8 Å². The predicted octanol–water partition coefficient (Wildman–Crippen LogP) is 4.35. The van der Waals surface area contributed by atoms with Gasteiger partial charge in [-0.3, -0.25) is 4.79 Å². The summed E-state index contributed by atoms with van der Waals surface area (Å²) in [7, 11) is 5.09. The van der Waals surface area contributed by atoms with Crippen molar-refractivity contribution in [3.63, 3.8) is 0 Å². The van der Waals surface area contributed by atoms with Crippen LogP contribution in [0.25, 0.3) is 44.8 Å². The summed E-state index contributed by atoms with van der Waals surface area (Å²) < 4.78 is 15.2. The number of carbonyl (C=O) groups excluding carboxylic acids is 1. The summed E-state index contributed by atoms with van der Waals surface area (Å²) in [6.45, 7) is 1.53. The lowest BCUT2D eigenvalue weighted by molar-refractivity contribution is 0.0700. The zero-order valence-electron chi connectivity index (χ0n) is 25.0. The van der Waals surface area contributed by atoms with E-state index in [0.29, 0.717) is 46.5 Å². The number of carbonyl (C=O) groups is 1. The molecule has 3 atom stereocenters. The number of aryl methyl sites for hydroxylation is 1. The Hall–Kier alpha value is -4.64. The number of aromatic hydroxyl groups is 1. The molecule has 5 heterocycles. The number of hydrogen-bond donors (Lipinski definition) is 2. The third-order valence-electron chi connectivity index (χ3n) is 9.75. The first-order valence-corrected chi connectivity index (χ1v) is 15.2. The van der Waals surface area contributed by atoms with E-state index in [0.717, 1.165) is 47.5 Å². The molecule has 1 aliphatic heterocycles. The molecular weight excluding hydrogens is 558 g/mol. The summed E-state index contributed by atoms with van der Waals surface area (Å²) in [6, 6.07) is 11.6. The summed E-state index contributed by atoms with van der Waals surface area (Å²) in [6.07, 6.45) is 6.06. The number of pyridine rings is 2. The standard InChI is InChI=1S/C33H35N7O4/c1-38-29-23(10-20(13-27(29)43-2)33(42)40-16-19-7-9-24(40)28(19)34)37-31(38)25-11-18-6-8-22(21-12-26(41)32(44-3)35-14-21)36-30(18)39(25)15-17-4-5-17/h6,8,10-14,17,19,24,28,41H,4-5,7,9,15-16,34H2,1-3H3. The van der Waals surface area contributed by atoms with E-state index in [9.17, 15) is 9.90 Å². The molecule has 226 valence electrons. The largest absolute Gasteiger partial charge is 0.503 e. The zero-order chi connectivity index (χ0) is 30.3. The van der Waals surface area contributed by atoms with E-state index in [-0.39, 0.29) is 29.6 Å². The van der Waals surface area contributed by atoms with Gasteiger partial charge in [-0.1, -0.05) is 0 Å². The molecule has 3 unspecified atom stereocenters. The van der Waals surface area contributed by atoms with Crippen molar-refractivity contribution in [3.8, 4) is 40.2 Å². The second kappa shape index (κ2) is 9.95. The number of nitrogens with zero attached hydrogens (tertiary/aromatic N) is 6. The van der Waals surface area contributed by atoms with Crippen LogP contribution in [0.3, 0.4) is 0 Å². The van der Waals surface area contributed by atoms with Crippen LogP contribution in [0.15, 0.2) is 42.6 Å². The molecule has 2 bridgehead atoms. The number of fused-ring (bicyclic) bond motifs is 4. The second-order valence-corrected chi connectivity index (χ2v) is 12.4. The van der Waals surface area contributed by atoms with Crippen LogP contribution in [0.5, 0.6) is 17.4 Å². The van der Waals surface area contributed by atoms with E-state index < -0.39 is 0 Å². The minimum absolute atomic E-state index is 0.0151. The Bertz CT molecular complexity index is 1960. The Balaban J connectivity index is 1.23. The van der Waals surface area contributed by atoms with Crippen molar-refractivity contribution in [2.75, 3.05) is 20.8 Å². The third-order valence-corrected chi connectivity index (χ3v) is 9.75. The van der Waals surface area contributed by atoms with Crippen LogP contribution in [0.2, 0.25) is 0 Å². The smallest absolute Gasteiger partial charge is 0.256 e. The van der Waals surface area contributed by atoms with E-state index in [4.69, 9.17) is 25.2 Å². The van der Waals surface area contributed by atoms with Crippen molar-refractivity contribution in [2.24, 2.45) is 24.6 Å². The van der Waals surface area contributed by atoms with E-state index in [1.54, 1.807) is 19.4 Å². The van der Waals surface area contributed by atoms with Gasteiger partial charge in [-0.2, -0.15) is 0 Å². The number of benzene rings is 1. The van der Waals surface area contributed by atoms with Gasteiger partial charge in [0.05, 0.1) is 31.1 Å². The van der Waals surface area contributed by atoms with Gasteiger partial charge >= 0.3 is 0 Å². The number of likely N-dealkylation sites (tertiary alicyclic amines) is 1. The van der Waals surface area contributed by atoms with Crippen LogP contribution in [0.1, 0.15) is 36.0 Å². The first-order valence-electron chi connectivity index (χ1n) is 15.2. The summed E-state index contributed by atoms with van der Waals surface area (Å²) in [5, 5.41) is 11.3. The number of nitrogens with two attached hydrogens (primary N) is 1. The molecule has 0 spiro atoms. The van der Waals surface area contributed by atoms with Crippen molar-refractivity contribution in [2.45, 2.75) is 44.3 Å². The lowest BCUT2D eigenvalue weighted by atomic mass is 10.1. The average molecular weight is 594 g/mol. The molecule has 3 fully saturated rings. The van der Waals surface area contributed by atoms with Gasteiger partial charge in [-0.25, -0.2) is 15.0 Å². The van der Waals surface area contributed by atoms with Gasteiger partial charge in [0.2, 0.25) is 0 Å². The maximum Gasteiger partial charge on any atom is 0.256 e. The van der Waals surface area contributed by atoms with Crippen LogP contribution in [0, 0.1) is 11.8 Å². The number of amides is 1. The van der Waals surface area contributed by atoms with Crippen LogP contribution < -0.4 is 15.2 Å². The number of ether oxygens (including phenoxy) is 2. The molecule has 5 aromatic rings. The summed E-state index contributed by atoms with van der Waals surface area (Å²) in [5.41, 5.74) is 11.7. The van der Waals surface area contributed by atoms with Crippen molar-refractivity contribution >= 4 is 28.0 Å². The van der Waals surface area contributed by atoms with Gasteiger partial charge in [0.15, 0.2) is 11.6 Å². The number of rotatable bonds is 7. The van der Waals surface area contributed by atoms with E-state index in [1.165, 1.54) is 20.0 Å². The molecule has 2 saturated carbocycles. The quantitative estimate of drug-likeness (QED) is 0.285. The third kappa shape index (κ3) is 4.13. The fraction of sp³-hybridized carbons (Fsp3) is 0.394. The van der Waals surface area contributed by atoms with Crippen molar-refractivity contribution in [3.05, 3.63) is 48.2 Å². The summed E-state index contributed by atoms with van der Waals surface area (Å²) in [4.78, 5) is 30.0. The zero-order valence-corrected chi connectivity index (χ0v) is 25.0. The van der Waals surface area contributed by atoms with Gasteiger partial charge in [0, 0.05) is 54.9 Å². The molecule has 1 saturated heterocycles. The van der Waals surface area contributed by atoms with Crippen LogP contribution >= 0.6 is 0 Å². The SMILES string of the molecule is COc1ncc(-c2ccc3cc(-c4nc5cc(C(=O)N6CC7CCC6C7N)cc(OC)c5n4C)n(CC4CC4)c3n2)cc1O. The molecule has 11 heteroatoms. The molecule has 3 aliphatic rings. The van der Waals surface area contributed by atoms with Gasteiger partial charge in [-0.15, -0.1) is 0 Å². The number of piperidine rings is 1. The molecule has 2 aliphatic carbocycles. The fourth-order valence-corrected chi connectivity index (χ4v) is 7.22. The number of hydrogen-bond acceptors (Lipinski definition) is 8. The highest BCUT2D eigenvalue weighted by atomic mass is 16.5. The predicted molar refractivity (Wildman–Crippen MR) is 166 cm³/mol. The lowest BCUT2D eigenvalue weighted by Crippen LogP contribution is -2.41. The Kier molecular flexibility index (Phi) is 6.09. The van der Waals surface area contributed by atoms with Crippen molar-refractivity contribution in [1.29, 1.82) is 0 Å². The molecule has 0 radical (unpaired) electrons. The summed E-state index contributed by atoms with van der Waals surface area (Å²) >= 11 is 0. The molecule has 1 aromatic carbocycles. The van der Waals surface area contributed by atoms with Gasteiger partial charge in [0.25, 0.3) is 11.8 Å². The first kappa shape index (κ1) is 26.9. The highest BCUT2D eigenvalue weighted by Gasteiger charge is 2.47. The molecule has 1 amide bonds. The van der Waals surface area contributed by atoms with E-state index >= 15 is 0 Å². The minimum Gasteiger partial charge on any atom is -0.503 e. The van der Waals surface area contributed by atoms with Crippen molar-refractivity contribution < 1.29 is 19.4 Å². The maximum atomic E-state index is 13.7. The second-order valence-electron chi connectivity index (χ2n) is 12.4. The molecular formula is C33H35N7O4. The van der Waals surface area contributed by atoms with Crippen molar-refractivity contribution in [1.82, 2.24) is 29.0 Å². The monoisotopic (exact) mass is 593 g/mol. The molecule has 44 heavy (non-hydrogen) atoms.